The van der Waals surface area contributed by atoms with Crippen LogP contribution in [-0.4, -0.2) is 24.1 Å². The maximum Gasteiger partial charge on any atom is 0.164 e. The number of benzene rings is 15. The highest BCUT2D eigenvalue weighted by Crippen LogP contribution is 2.43. The van der Waals surface area contributed by atoms with E-state index in [0.29, 0.717) is 17.5 Å². The first kappa shape index (κ1) is 59.0. The Morgan fingerprint density at radius 3 is 0.940 bits per heavy atom. The van der Waals surface area contributed by atoms with Gasteiger partial charge in [0.2, 0.25) is 0 Å². The summed E-state index contributed by atoms with van der Waals surface area (Å²) < 4.78 is 4.72. The van der Waals surface area contributed by atoms with E-state index in [1.165, 1.54) is 43.6 Å². The van der Waals surface area contributed by atoms with E-state index in [1.54, 1.807) is 0 Å². The Kier molecular flexibility index (Phi) is 15.1. The van der Waals surface area contributed by atoms with Crippen LogP contribution in [0.25, 0.3) is 134 Å². The van der Waals surface area contributed by atoms with Crippen LogP contribution in [0, 0.1) is 0 Å². The van der Waals surface area contributed by atoms with Gasteiger partial charge in [-0.25, -0.2) is 15.0 Å². The summed E-state index contributed by atoms with van der Waals surface area (Å²) in [6, 6.07) is 136. The predicted molar refractivity (Wildman–Crippen MR) is 416 cm³/mol. The second-order valence-corrected chi connectivity index (χ2v) is 25.2. The largest absolute Gasteiger partial charge is 0.310 e. The van der Waals surface area contributed by atoms with Crippen LogP contribution >= 0.6 is 0 Å². The minimum absolute atomic E-state index is 0.549. The summed E-state index contributed by atoms with van der Waals surface area (Å²) in [7, 11) is 0. The third kappa shape index (κ3) is 11.0. The number of para-hydroxylation sites is 6. The highest BCUT2D eigenvalue weighted by Gasteiger charge is 2.22. The molecule has 15 aromatic carbocycles. The lowest BCUT2D eigenvalue weighted by atomic mass is 9.94. The van der Waals surface area contributed by atoms with Crippen molar-refractivity contribution in [2.75, 3.05) is 9.80 Å². The van der Waals surface area contributed by atoms with Gasteiger partial charge in [0.15, 0.2) is 17.5 Å². The summed E-state index contributed by atoms with van der Waals surface area (Å²) in [5.41, 5.74) is 24.6. The van der Waals surface area contributed by atoms with Crippen molar-refractivity contribution in [3.63, 3.8) is 0 Å². The molecule has 18 aromatic rings. The first-order chi connectivity index (χ1) is 49.6. The molecule has 0 atom stereocenters. The summed E-state index contributed by atoms with van der Waals surface area (Å²) in [6.45, 7) is 0. The smallest absolute Gasteiger partial charge is 0.164 e. The van der Waals surface area contributed by atoms with Crippen LogP contribution in [-0.2, 0) is 0 Å². The first-order valence-corrected chi connectivity index (χ1v) is 33.9. The number of hydrogen-bond acceptors (Lipinski definition) is 5. The number of fused-ring (bicyclic) bond motifs is 6. The van der Waals surface area contributed by atoms with Crippen molar-refractivity contribution in [1.29, 1.82) is 0 Å². The van der Waals surface area contributed by atoms with E-state index in [2.05, 4.69) is 401 Å². The van der Waals surface area contributed by atoms with Crippen molar-refractivity contribution >= 4 is 77.7 Å². The lowest BCUT2D eigenvalue weighted by molar-refractivity contribution is 1.07. The van der Waals surface area contributed by atoms with Gasteiger partial charge in [0, 0.05) is 83.7 Å². The van der Waals surface area contributed by atoms with Crippen LogP contribution in [0.2, 0.25) is 0 Å². The van der Waals surface area contributed by atoms with E-state index in [0.717, 1.165) is 107 Å². The van der Waals surface area contributed by atoms with E-state index in [4.69, 9.17) is 15.0 Å². The molecule has 0 spiro atoms. The fraction of sp³-hybridized carbons (Fsp3) is 0. The molecule has 7 heteroatoms. The van der Waals surface area contributed by atoms with Crippen molar-refractivity contribution in [1.82, 2.24) is 24.1 Å². The molecule has 0 saturated carbocycles. The Morgan fingerprint density at radius 1 is 0.180 bits per heavy atom. The fourth-order valence-electron chi connectivity index (χ4n) is 14.4. The van der Waals surface area contributed by atoms with Gasteiger partial charge in [-0.3, -0.25) is 0 Å². The molecule has 100 heavy (non-hydrogen) atoms. The van der Waals surface area contributed by atoms with E-state index in [9.17, 15) is 0 Å². The van der Waals surface area contributed by atoms with Crippen LogP contribution < -0.4 is 9.80 Å². The molecule has 0 radical (unpaired) electrons. The average molecular weight is 1280 g/mol. The van der Waals surface area contributed by atoms with Crippen LogP contribution in [0.1, 0.15) is 0 Å². The van der Waals surface area contributed by atoms with E-state index >= 15 is 0 Å². The molecule has 0 bridgehead atoms. The standard InChI is InChI=1S/C93H63N7/c1-6-25-66(26-7-1)81-41-16-17-42-82(81)69-27-22-28-70(59-69)91-94-92(71-29-23-39-79(60-71)97(73-31-8-2-9-32-73)77-53-47-64(48-54-77)67-51-57-89-85(62-67)83-43-18-20-45-87(83)99(89)75-35-12-4-13-36-75)96-93(95-91)72-30-24-40-80(61-72)98(74-33-10-3-11-34-74)78-55-49-65(50-56-78)68-52-58-90-86(63-68)84-44-19-21-46-88(84)100(90)76-37-14-5-15-38-76/h1-63H. The second kappa shape index (κ2) is 25.6. The van der Waals surface area contributed by atoms with Crippen molar-refractivity contribution in [2.45, 2.75) is 0 Å². The second-order valence-electron chi connectivity index (χ2n) is 25.2. The molecule has 0 unspecified atom stereocenters. The molecule has 3 aromatic heterocycles. The van der Waals surface area contributed by atoms with Gasteiger partial charge in [-0.2, -0.15) is 0 Å². The van der Waals surface area contributed by atoms with Crippen LogP contribution in [0.4, 0.5) is 34.1 Å². The van der Waals surface area contributed by atoms with Crippen LogP contribution in [0.3, 0.4) is 0 Å². The fourth-order valence-corrected chi connectivity index (χ4v) is 14.4. The van der Waals surface area contributed by atoms with E-state index in [1.807, 2.05) is 0 Å². The Bertz CT molecular complexity index is 5700. The molecule has 0 aliphatic rings. The molecular weight excluding hydrogens is 1220 g/mol. The summed E-state index contributed by atoms with van der Waals surface area (Å²) in [5.74, 6) is 1.66. The summed E-state index contributed by atoms with van der Waals surface area (Å²) in [6.07, 6.45) is 0. The minimum Gasteiger partial charge on any atom is -0.310 e. The summed E-state index contributed by atoms with van der Waals surface area (Å²) >= 11 is 0. The van der Waals surface area contributed by atoms with E-state index in [-0.39, 0.29) is 0 Å². The first-order valence-electron chi connectivity index (χ1n) is 33.9. The van der Waals surface area contributed by atoms with Crippen molar-refractivity contribution < 1.29 is 0 Å². The SMILES string of the molecule is c1ccc(-c2ccccc2-c2cccc(-c3nc(-c4cccc(N(c5ccccc5)c5ccc(-c6ccc7c(c6)c6ccccc6n7-c6ccccc6)cc5)c4)nc(-c4cccc(N(c5ccccc5)c5ccc(-c6ccc7c(c6)c6ccccc6n7-c6ccccc6)cc5)c4)n3)c2)cc1. The topological polar surface area (TPSA) is 55.0 Å². The average Bonchev–Trinajstić information content (AvgIpc) is 1.58. The summed E-state index contributed by atoms with van der Waals surface area (Å²) in [4.78, 5) is 21.0. The zero-order chi connectivity index (χ0) is 66.3. The predicted octanol–water partition coefficient (Wildman–Crippen LogP) is 24.7. The maximum atomic E-state index is 5.47. The molecule has 3 heterocycles. The molecule has 0 saturated heterocycles. The van der Waals surface area contributed by atoms with Crippen molar-refractivity contribution in [3.05, 3.63) is 382 Å². The van der Waals surface area contributed by atoms with Gasteiger partial charge in [0.25, 0.3) is 0 Å². The number of anilines is 6. The maximum absolute atomic E-state index is 5.47. The zero-order valence-electron chi connectivity index (χ0n) is 54.5. The van der Waals surface area contributed by atoms with Gasteiger partial charge in [-0.15, -0.1) is 0 Å². The molecule has 0 aliphatic carbocycles. The molecule has 0 amide bonds. The van der Waals surface area contributed by atoms with Crippen molar-refractivity contribution in [2.24, 2.45) is 0 Å². The molecular formula is C93H63N7. The number of aromatic nitrogens is 5. The monoisotopic (exact) mass is 1280 g/mol. The lowest BCUT2D eigenvalue weighted by Gasteiger charge is -2.26. The van der Waals surface area contributed by atoms with Gasteiger partial charge in [-0.1, -0.05) is 243 Å². The third-order valence-corrected chi connectivity index (χ3v) is 19.1. The van der Waals surface area contributed by atoms with Gasteiger partial charge < -0.3 is 18.9 Å². The van der Waals surface area contributed by atoms with Crippen LogP contribution in [0.5, 0.6) is 0 Å². The Hall–Kier alpha value is -13.5. The molecule has 0 aliphatic heterocycles. The van der Waals surface area contributed by atoms with E-state index < -0.39 is 0 Å². The molecule has 18 rings (SSSR count). The quantitative estimate of drug-likeness (QED) is 0.102. The van der Waals surface area contributed by atoms with Gasteiger partial charge in [0.05, 0.1) is 22.1 Å². The molecule has 0 fully saturated rings. The highest BCUT2D eigenvalue weighted by atomic mass is 15.2. The normalized spacial score (nSPS) is 11.4. The lowest BCUT2D eigenvalue weighted by Crippen LogP contribution is -2.10. The Morgan fingerprint density at radius 2 is 0.490 bits per heavy atom. The third-order valence-electron chi connectivity index (χ3n) is 19.1. The number of rotatable bonds is 15. The minimum atomic E-state index is 0.549. The van der Waals surface area contributed by atoms with Crippen molar-refractivity contribution in [3.8, 4) is 90.0 Å². The van der Waals surface area contributed by atoms with Gasteiger partial charge in [-0.05, 0) is 184 Å². The Balaban J connectivity index is 0.728. The Labute approximate surface area is 580 Å². The van der Waals surface area contributed by atoms with Gasteiger partial charge in [0.1, 0.15) is 0 Å². The molecule has 470 valence electrons. The molecule has 7 nitrogen and oxygen atoms in total. The number of hydrogen-bond donors (Lipinski definition) is 0. The number of nitrogens with zero attached hydrogens (tertiary/aromatic N) is 7. The van der Waals surface area contributed by atoms with Gasteiger partial charge >= 0.3 is 0 Å². The highest BCUT2D eigenvalue weighted by molar-refractivity contribution is 6.12. The zero-order valence-corrected chi connectivity index (χ0v) is 54.5. The van der Waals surface area contributed by atoms with Crippen LogP contribution in [0.15, 0.2) is 382 Å². The summed E-state index contributed by atoms with van der Waals surface area (Å²) in [5, 5.41) is 4.88. The molecule has 0 N–H and O–H groups in total.